The van der Waals surface area contributed by atoms with Crippen LogP contribution in [0.2, 0.25) is 0 Å². The van der Waals surface area contributed by atoms with E-state index in [1.165, 1.54) is 12.1 Å². The van der Waals surface area contributed by atoms with Gasteiger partial charge in [0.1, 0.15) is 0 Å². The van der Waals surface area contributed by atoms with Gasteiger partial charge in [-0.25, -0.2) is 0 Å². The molecule has 2 nitrogen and oxygen atoms in total. The van der Waals surface area contributed by atoms with Crippen molar-refractivity contribution in [2.24, 2.45) is 0 Å². The highest BCUT2D eigenvalue weighted by atomic mass is 32.2. The number of rotatable bonds is 4. The number of alkyl halides is 2. The summed E-state index contributed by atoms with van der Waals surface area (Å²) in [6.45, 7) is 3.83. The molecule has 0 aromatic heterocycles. The van der Waals surface area contributed by atoms with Gasteiger partial charge in [-0.05, 0) is 38.1 Å². The molecule has 1 aromatic carbocycles. The molecule has 94 valence electrons. The van der Waals surface area contributed by atoms with Crippen molar-refractivity contribution in [3.63, 3.8) is 0 Å². The van der Waals surface area contributed by atoms with Crippen LogP contribution < -0.4 is 0 Å². The number of hydrogen-bond acceptors (Lipinski definition) is 2. The van der Waals surface area contributed by atoms with E-state index in [2.05, 4.69) is 0 Å². The van der Waals surface area contributed by atoms with Crippen LogP contribution in [0.15, 0.2) is 29.2 Å². The van der Waals surface area contributed by atoms with Crippen LogP contribution in [0.4, 0.5) is 8.78 Å². The van der Waals surface area contributed by atoms with Crippen LogP contribution in [-0.2, 0) is 0 Å². The van der Waals surface area contributed by atoms with Gasteiger partial charge in [0.2, 0.25) is 0 Å². The van der Waals surface area contributed by atoms with E-state index in [0.717, 1.165) is 0 Å². The Balaban J connectivity index is 2.77. The summed E-state index contributed by atoms with van der Waals surface area (Å²) in [5.74, 6) is -2.54. The Morgan fingerprint density at radius 1 is 1.24 bits per heavy atom. The zero-order valence-electron chi connectivity index (χ0n) is 9.98. The Bertz CT molecular complexity index is 379. The highest BCUT2D eigenvalue weighted by molar-refractivity contribution is 7.99. The molecule has 0 N–H and O–H groups in total. The third kappa shape index (κ3) is 4.00. The van der Waals surface area contributed by atoms with Gasteiger partial charge in [0.05, 0.1) is 0 Å². The predicted molar refractivity (Wildman–Crippen MR) is 65.5 cm³/mol. The molecule has 5 heteroatoms. The van der Waals surface area contributed by atoms with Gasteiger partial charge >= 0.3 is 0 Å². The molecule has 0 aliphatic heterocycles. The van der Waals surface area contributed by atoms with Crippen LogP contribution >= 0.6 is 11.8 Å². The highest BCUT2D eigenvalue weighted by Crippen LogP contribution is 2.25. The summed E-state index contributed by atoms with van der Waals surface area (Å²) in [5.41, 5.74) is 0.514. The van der Waals surface area contributed by atoms with E-state index < -0.39 is 5.76 Å². The zero-order valence-corrected chi connectivity index (χ0v) is 10.8. The van der Waals surface area contributed by atoms with E-state index in [1.54, 1.807) is 24.1 Å². The third-order valence-corrected chi connectivity index (χ3v) is 3.14. The fraction of sp³-hybridized carbons (Fsp3) is 0.417. The Labute approximate surface area is 104 Å². The fourth-order valence-electron chi connectivity index (χ4n) is 1.22. The molecule has 0 atom stereocenters. The van der Waals surface area contributed by atoms with Crippen molar-refractivity contribution in [2.75, 3.05) is 7.05 Å². The molecule has 0 heterocycles. The number of nitrogens with zero attached hydrogens (tertiary/aromatic N) is 1. The van der Waals surface area contributed by atoms with E-state index >= 15 is 0 Å². The first-order chi connectivity index (χ1) is 7.91. The molecule has 17 heavy (non-hydrogen) atoms. The second-order valence-electron chi connectivity index (χ2n) is 3.91. The average Bonchev–Trinajstić information content (AvgIpc) is 2.27. The lowest BCUT2D eigenvalue weighted by Gasteiger charge is -2.21. The van der Waals surface area contributed by atoms with E-state index in [0.29, 0.717) is 22.2 Å². The maximum absolute atomic E-state index is 12.1. The quantitative estimate of drug-likeness (QED) is 0.771. The summed E-state index contributed by atoms with van der Waals surface area (Å²) in [7, 11) is 1.72. The number of carbonyl (C=O) groups is 1. The number of benzene rings is 1. The monoisotopic (exact) mass is 259 g/mol. The zero-order chi connectivity index (χ0) is 13.0. The van der Waals surface area contributed by atoms with Gasteiger partial charge in [-0.3, -0.25) is 4.79 Å². The molecule has 1 aromatic rings. The molecule has 0 unspecified atom stereocenters. The van der Waals surface area contributed by atoms with Crippen molar-refractivity contribution >= 4 is 17.7 Å². The molecule has 0 spiro atoms. The minimum atomic E-state index is -2.44. The molecule has 0 bridgehead atoms. The lowest BCUT2D eigenvalue weighted by atomic mass is 10.2. The SMILES string of the molecule is CC(C)N(C)C(=O)c1ccc(SC(F)F)cc1. The van der Waals surface area contributed by atoms with Crippen molar-refractivity contribution in [2.45, 2.75) is 30.5 Å². The summed E-state index contributed by atoms with van der Waals surface area (Å²) in [4.78, 5) is 14.0. The van der Waals surface area contributed by atoms with E-state index in [4.69, 9.17) is 0 Å². The molecule has 0 radical (unpaired) electrons. The minimum Gasteiger partial charge on any atom is -0.339 e. The first-order valence-corrected chi connectivity index (χ1v) is 6.12. The minimum absolute atomic E-state index is 0.103. The van der Waals surface area contributed by atoms with Crippen LogP contribution in [-0.4, -0.2) is 29.7 Å². The Morgan fingerprint density at radius 2 is 1.76 bits per heavy atom. The fourth-order valence-corrected chi connectivity index (χ4v) is 1.72. The summed E-state index contributed by atoms with van der Waals surface area (Å²) < 4.78 is 24.2. The second kappa shape index (κ2) is 6.00. The van der Waals surface area contributed by atoms with Crippen molar-refractivity contribution < 1.29 is 13.6 Å². The molecule has 0 fully saturated rings. The summed E-state index contributed by atoms with van der Waals surface area (Å²) in [5, 5.41) is 0. The van der Waals surface area contributed by atoms with Gasteiger partial charge in [-0.15, -0.1) is 0 Å². The van der Waals surface area contributed by atoms with Crippen molar-refractivity contribution in [1.29, 1.82) is 0 Å². The maximum Gasteiger partial charge on any atom is 0.288 e. The number of halogens is 2. The van der Waals surface area contributed by atoms with Crippen LogP contribution in [0.3, 0.4) is 0 Å². The largest absolute Gasteiger partial charge is 0.339 e. The number of amides is 1. The van der Waals surface area contributed by atoms with Gasteiger partial charge in [-0.1, -0.05) is 11.8 Å². The van der Waals surface area contributed by atoms with Crippen molar-refractivity contribution in [1.82, 2.24) is 4.90 Å². The van der Waals surface area contributed by atoms with E-state index in [9.17, 15) is 13.6 Å². The normalized spacial score (nSPS) is 11.0. The maximum atomic E-state index is 12.1. The van der Waals surface area contributed by atoms with Crippen molar-refractivity contribution in [3.8, 4) is 0 Å². The smallest absolute Gasteiger partial charge is 0.288 e. The van der Waals surface area contributed by atoms with Gasteiger partial charge < -0.3 is 4.90 Å². The Morgan fingerprint density at radius 3 is 2.18 bits per heavy atom. The Hall–Kier alpha value is -1.10. The molecular weight excluding hydrogens is 244 g/mol. The molecule has 0 aliphatic rings. The van der Waals surface area contributed by atoms with E-state index in [-0.39, 0.29) is 11.9 Å². The van der Waals surface area contributed by atoms with Crippen LogP contribution in [0.5, 0.6) is 0 Å². The summed E-state index contributed by atoms with van der Waals surface area (Å²) >= 11 is 0.475. The van der Waals surface area contributed by atoms with Crippen LogP contribution in [0.25, 0.3) is 0 Å². The van der Waals surface area contributed by atoms with Crippen molar-refractivity contribution in [3.05, 3.63) is 29.8 Å². The molecule has 1 amide bonds. The lowest BCUT2D eigenvalue weighted by molar-refractivity contribution is 0.0755. The van der Waals surface area contributed by atoms with Gasteiger partial charge in [0.25, 0.3) is 11.7 Å². The standard InChI is InChI=1S/C12H15F2NOS/c1-8(2)15(3)11(16)9-4-6-10(7-5-9)17-12(13)14/h4-8,12H,1-3H3. The number of thioether (sulfide) groups is 1. The first-order valence-electron chi connectivity index (χ1n) is 5.24. The number of hydrogen-bond donors (Lipinski definition) is 0. The molecule has 0 saturated heterocycles. The van der Waals surface area contributed by atoms with Gasteiger partial charge in [0.15, 0.2) is 0 Å². The first kappa shape index (κ1) is 14.0. The predicted octanol–water partition coefficient (Wildman–Crippen LogP) is 3.48. The van der Waals surface area contributed by atoms with E-state index in [1.807, 2.05) is 13.8 Å². The summed E-state index contributed by atoms with van der Waals surface area (Å²) in [6, 6.07) is 6.34. The second-order valence-corrected chi connectivity index (χ2v) is 4.98. The molecule has 1 rings (SSSR count). The topological polar surface area (TPSA) is 20.3 Å². The van der Waals surface area contributed by atoms with Crippen LogP contribution in [0.1, 0.15) is 24.2 Å². The van der Waals surface area contributed by atoms with Gasteiger partial charge in [0, 0.05) is 23.5 Å². The lowest BCUT2D eigenvalue weighted by Crippen LogP contribution is -2.32. The molecule has 0 saturated carbocycles. The highest BCUT2D eigenvalue weighted by Gasteiger charge is 2.14. The molecule has 0 aliphatic carbocycles. The average molecular weight is 259 g/mol. The molecular formula is C12H15F2NOS. The third-order valence-electron chi connectivity index (χ3n) is 2.42. The Kier molecular flexibility index (Phi) is 4.93. The van der Waals surface area contributed by atoms with Crippen LogP contribution in [0, 0.1) is 0 Å². The van der Waals surface area contributed by atoms with Gasteiger partial charge in [-0.2, -0.15) is 8.78 Å². The summed E-state index contributed by atoms with van der Waals surface area (Å²) in [6.07, 6.45) is 0. The number of carbonyl (C=O) groups excluding carboxylic acids is 1.